The van der Waals surface area contributed by atoms with Crippen molar-refractivity contribution in [1.29, 1.82) is 0 Å². The largest absolute Gasteiger partial charge is 0.348 e. The van der Waals surface area contributed by atoms with Gasteiger partial charge in [0.05, 0.1) is 0 Å². The van der Waals surface area contributed by atoms with Gasteiger partial charge in [-0.2, -0.15) is 0 Å². The van der Waals surface area contributed by atoms with E-state index in [-0.39, 0.29) is 18.0 Å². The van der Waals surface area contributed by atoms with Crippen LogP contribution in [-0.2, 0) is 6.54 Å². The number of hydrogen-bond acceptors (Lipinski definition) is 5. The molecule has 0 aliphatic heterocycles. The number of amides is 1. The van der Waals surface area contributed by atoms with Gasteiger partial charge < -0.3 is 10.3 Å². The number of fused-ring (bicyclic) bond motifs is 2. The zero-order valence-electron chi connectivity index (χ0n) is 15.7. The van der Waals surface area contributed by atoms with Gasteiger partial charge >= 0.3 is 0 Å². The molecule has 8 heteroatoms. The molecule has 30 heavy (non-hydrogen) atoms. The lowest BCUT2D eigenvalue weighted by molar-refractivity contribution is 0.0951. The van der Waals surface area contributed by atoms with Crippen molar-refractivity contribution in [3.05, 3.63) is 94.5 Å². The number of rotatable bonds is 4. The van der Waals surface area contributed by atoms with Crippen LogP contribution in [0, 0.1) is 0 Å². The summed E-state index contributed by atoms with van der Waals surface area (Å²) >= 11 is 0. The van der Waals surface area contributed by atoms with E-state index in [1.165, 1.54) is 0 Å². The van der Waals surface area contributed by atoms with Crippen molar-refractivity contribution in [2.24, 2.45) is 0 Å². The zero-order valence-corrected chi connectivity index (χ0v) is 15.7. The predicted molar refractivity (Wildman–Crippen MR) is 112 cm³/mol. The molecule has 8 nitrogen and oxygen atoms in total. The number of carbonyl (C=O) groups excluding carboxylic acids is 1. The summed E-state index contributed by atoms with van der Waals surface area (Å²) in [7, 11) is 0. The van der Waals surface area contributed by atoms with Gasteiger partial charge in [0.15, 0.2) is 5.82 Å². The van der Waals surface area contributed by atoms with E-state index in [1.807, 2.05) is 30.5 Å². The third-order valence-corrected chi connectivity index (χ3v) is 4.86. The van der Waals surface area contributed by atoms with E-state index in [2.05, 4.69) is 25.5 Å². The normalized spacial score (nSPS) is 11.1. The molecule has 2 N–H and O–H groups in total. The molecule has 5 rings (SSSR count). The third kappa shape index (κ3) is 3.20. The molecule has 0 saturated heterocycles. The van der Waals surface area contributed by atoms with Gasteiger partial charge in [-0.15, -0.1) is 10.2 Å². The Morgan fingerprint density at radius 1 is 1.03 bits per heavy atom. The second-order valence-electron chi connectivity index (χ2n) is 6.78. The van der Waals surface area contributed by atoms with Gasteiger partial charge in [0.1, 0.15) is 0 Å². The van der Waals surface area contributed by atoms with Gasteiger partial charge in [0.2, 0.25) is 0 Å². The average Bonchev–Trinajstić information content (AvgIpc) is 3.22. The zero-order chi connectivity index (χ0) is 20.5. The van der Waals surface area contributed by atoms with Crippen molar-refractivity contribution in [2.45, 2.75) is 6.54 Å². The summed E-state index contributed by atoms with van der Waals surface area (Å²) in [6.45, 7) is 0.140. The molecule has 2 aromatic carbocycles. The Hall–Kier alpha value is -4.33. The molecule has 1 amide bonds. The molecule has 0 fully saturated rings. The molecule has 0 atom stereocenters. The molecule has 5 aromatic rings. The molecule has 0 aliphatic rings. The lowest BCUT2D eigenvalue weighted by atomic mass is 10.1. The van der Waals surface area contributed by atoms with Gasteiger partial charge in [-0.05, 0) is 35.7 Å². The van der Waals surface area contributed by atoms with Crippen LogP contribution in [0.25, 0.3) is 28.1 Å². The average molecular weight is 396 g/mol. The van der Waals surface area contributed by atoms with Gasteiger partial charge in [0, 0.05) is 41.1 Å². The summed E-state index contributed by atoms with van der Waals surface area (Å²) in [5.74, 6) is 0.893. The second-order valence-corrected chi connectivity index (χ2v) is 6.78. The standard InChI is InChI=1S/C22H16N6O2/c29-20(24-13-17-12-16-4-1-2-5-18(16)25-21(17)30)15-8-6-14(7-9-15)19-26-27-22-23-10-3-11-28(19)22/h1-12H,13H2,(H,24,29)(H,25,30). The third-order valence-electron chi connectivity index (χ3n) is 4.86. The van der Waals surface area contributed by atoms with Crippen molar-refractivity contribution in [3.8, 4) is 11.4 Å². The molecule has 0 unspecified atom stereocenters. The number of aromatic nitrogens is 5. The number of benzene rings is 2. The van der Waals surface area contributed by atoms with Crippen LogP contribution in [0.1, 0.15) is 15.9 Å². The minimum absolute atomic E-state index is 0.140. The van der Waals surface area contributed by atoms with Crippen molar-refractivity contribution < 1.29 is 4.79 Å². The summed E-state index contributed by atoms with van der Waals surface area (Å²) in [6, 6.07) is 18.2. The Balaban J connectivity index is 1.33. The minimum Gasteiger partial charge on any atom is -0.348 e. The van der Waals surface area contributed by atoms with E-state index >= 15 is 0 Å². The first-order valence-electron chi connectivity index (χ1n) is 9.34. The van der Waals surface area contributed by atoms with E-state index in [9.17, 15) is 9.59 Å². The van der Waals surface area contributed by atoms with Gasteiger partial charge in [-0.25, -0.2) is 4.98 Å². The lowest BCUT2D eigenvalue weighted by Crippen LogP contribution is -2.26. The quantitative estimate of drug-likeness (QED) is 0.486. The molecule has 0 aliphatic carbocycles. The van der Waals surface area contributed by atoms with E-state index in [0.29, 0.717) is 22.7 Å². The molecular formula is C22H16N6O2. The number of nitrogens with one attached hydrogen (secondary N) is 2. The first-order valence-corrected chi connectivity index (χ1v) is 9.34. The summed E-state index contributed by atoms with van der Waals surface area (Å²) < 4.78 is 1.78. The summed E-state index contributed by atoms with van der Waals surface area (Å²) in [6.07, 6.45) is 3.49. The number of hydrogen-bond donors (Lipinski definition) is 2. The number of para-hydroxylation sites is 1. The fraction of sp³-hybridized carbons (Fsp3) is 0.0455. The second kappa shape index (κ2) is 7.25. The van der Waals surface area contributed by atoms with Crippen LogP contribution in [0.2, 0.25) is 0 Å². The Kier molecular flexibility index (Phi) is 4.29. The van der Waals surface area contributed by atoms with Crippen molar-refractivity contribution in [3.63, 3.8) is 0 Å². The molecule has 0 radical (unpaired) electrons. The Morgan fingerprint density at radius 2 is 1.87 bits per heavy atom. The molecule has 3 aromatic heterocycles. The highest BCUT2D eigenvalue weighted by Gasteiger charge is 2.11. The van der Waals surface area contributed by atoms with E-state index in [4.69, 9.17) is 0 Å². The van der Waals surface area contributed by atoms with E-state index in [0.717, 1.165) is 16.5 Å². The fourth-order valence-electron chi connectivity index (χ4n) is 3.31. The topological polar surface area (TPSA) is 105 Å². The number of aromatic amines is 1. The first-order chi connectivity index (χ1) is 14.7. The molecular weight excluding hydrogens is 380 g/mol. The number of carbonyl (C=O) groups is 1. The predicted octanol–water partition coefficient (Wildman–Crippen LogP) is 2.56. The minimum atomic E-state index is -0.262. The smallest absolute Gasteiger partial charge is 0.255 e. The monoisotopic (exact) mass is 396 g/mol. The highest BCUT2D eigenvalue weighted by molar-refractivity contribution is 5.94. The van der Waals surface area contributed by atoms with E-state index in [1.54, 1.807) is 47.0 Å². The first kappa shape index (κ1) is 17.7. The lowest BCUT2D eigenvalue weighted by Gasteiger charge is -2.07. The van der Waals surface area contributed by atoms with Gasteiger partial charge in [-0.1, -0.05) is 30.3 Å². The van der Waals surface area contributed by atoms with Crippen molar-refractivity contribution in [1.82, 2.24) is 29.9 Å². The summed E-state index contributed by atoms with van der Waals surface area (Å²) in [5, 5.41) is 11.9. The fourth-order valence-corrected chi connectivity index (χ4v) is 3.31. The maximum absolute atomic E-state index is 12.5. The van der Waals surface area contributed by atoms with Crippen LogP contribution in [0.15, 0.2) is 77.9 Å². The molecule has 3 heterocycles. The van der Waals surface area contributed by atoms with Crippen LogP contribution in [0.5, 0.6) is 0 Å². The van der Waals surface area contributed by atoms with Crippen molar-refractivity contribution in [2.75, 3.05) is 0 Å². The molecule has 0 spiro atoms. The maximum atomic E-state index is 12.5. The molecule has 0 saturated carbocycles. The van der Waals surface area contributed by atoms with Crippen LogP contribution in [-0.4, -0.2) is 30.5 Å². The van der Waals surface area contributed by atoms with Gasteiger partial charge in [-0.3, -0.25) is 14.0 Å². The highest BCUT2D eigenvalue weighted by atomic mass is 16.1. The Bertz CT molecular complexity index is 1440. The van der Waals surface area contributed by atoms with Gasteiger partial charge in [0.25, 0.3) is 17.2 Å². The Morgan fingerprint density at radius 3 is 2.73 bits per heavy atom. The number of pyridine rings is 1. The summed E-state index contributed by atoms with van der Waals surface area (Å²) in [5.41, 5.74) is 2.36. The SMILES string of the molecule is O=C(NCc1cc2ccccc2[nH]c1=O)c1ccc(-c2nnc3ncccn23)cc1. The number of nitrogens with zero attached hydrogens (tertiary/aromatic N) is 4. The van der Waals surface area contributed by atoms with Crippen LogP contribution >= 0.6 is 0 Å². The molecule has 0 bridgehead atoms. The molecule has 146 valence electrons. The Labute approximate surface area is 170 Å². The summed E-state index contributed by atoms with van der Waals surface area (Å²) in [4.78, 5) is 31.8. The van der Waals surface area contributed by atoms with Crippen LogP contribution in [0.3, 0.4) is 0 Å². The van der Waals surface area contributed by atoms with E-state index < -0.39 is 0 Å². The number of H-pyrrole nitrogens is 1. The maximum Gasteiger partial charge on any atom is 0.255 e. The van der Waals surface area contributed by atoms with Crippen LogP contribution < -0.4 is 10.9 Å². The van der Waals surface area contributed by atoms with Crippen LogP contribution in [0.4, 0.5) is 0 Å². The van der Waals surface area contributed by atoms with Crippen molar-refractivity contribution >= 4 is 22.6 Å². The highest BCUT2D eigenvalue weighted by Crippen LogP contribution is 2.18.